The molecule has 0 aromatic rings. The highest BCUT2D eigenvalue weighted by molar-refractivity contribution is 7.47. The molecule has 1 rings (SSSR count). The third-order valence-electron chi connectivity index (χ3n) is 11.1. The van der Waals surface area contributed by atoms with Gasteiger partial charge in [0.15, 0.2) is 6.10 Å². The van der Waals surface area contributed by atoms with Crippen LogP contribution in [0.5, 0.6) is 0 Å². The largest absolute Gasteiger partial charge is 0.472 e. The van der Waals surface area contributed by atoms with Gasteiger partial charge in [-0.3, -0.25) is 18.6 Å². The molecule has 14 heteroatoms. The Morgan fingerprint density at radius 1 is 0.492 bits per heavy atom. The molecular formula is C49H87O13P. The minimum atomic E-state index is -5.13. The van der Waals surface area contributed by atoms with Gasteiger partial charge in [-0.25, -0.2) is 4.57 Å². The molecule has 366 valence electrons. The molecule has 0 bridgehead atoms. The highest BCUT2D eigenvalue weighted by atomic mass is 31.2. The summed E-state index contributed by atoms with van der Waals surface area (Å²) in [5.74, 6) is -1.12. The predicted octanol–water partition coefficient (Wildman–Crippen LogP) is 9.95. The molecule has 0 radical (unpaired) electrons. The molecule has 1 fully saturated rings. The lowest BCUT2D eigenvalue weighted by Gasteiger charge is -2.41. The van der Waals surface area contributed by atoms with Gasteiger partial charge < -0.3 is 39.9 Å². The van der Waals surface area contributed by atoms with Gasteiger partial charge in [0.05, 0.1) is 6.61 Å². The van der Waals surface area contributed by atoms with Gasteiger partial charge in [-0.2, -0.15) is 0 Å². The summed E-state index contributed by atoms with van der Waals surface area (Å²) < 4.78 is 33.6. The third kappa shape index (κ3) is 31.4. The number of rotatable bonds is 40. The number of unbranched alkanes of at least 4 members (excludes halogenated alkanes) is 20. The summed E-state index contributed by atoms with van der Waals surface area (Å²) >= 11 is 0. The van der Waals surface area contributed by atoms with E-state index < -0.39 is 75.7 Å². The van der Waals surface area contributed by atoms with E-state index in [9.17, 15) is 44.6 Å². The highest BCUT2D eigenvalue weighted by Crippen LogP contribution is 2.47. The van der Waals surface area contributed by atoms with Gasteiger partial charge in [-0.15, -0.1) is 0 Å². The van der Waals surface area contributed by atoms with E-state index in [-0.39, 0.29) is 12.8 Å². The molecule has 1 aliphatic carbocycles. The SMILES string of the molecule is CCCCC/C=C/C/C=C/CCCCCCCCCCCC(=O)OC[C@@H](COP(=O)(O)OC1C(O)C(O)C(O)[C@H](O)C1O)OC(=O)CCCCCCC/C=C/C/C=C/CCCCC. The summed E-state index contributed by atoms with van der Waals surface area (Å²) in [5, 5.41) is 50.2. The molecule has 0 heterocycles. The lowest BCUT2D eigenvalue weighted by Crippen LogP contribution is -2.64. The average molecular weight is 915 g/mol. The van der Waals surface area contributed by atoms with Crippen molar-refractivity contribution < 1.29 is 63.1 Å². The van der Waals surface area contributed by atoms with Gasteiger partial charge in [-0.1, -0.05) is 152 Å². The lowest BCUT2D eigenvalue weighted by molar-refractivity contribution is -0.220. The fourth-order valence-electron chi connectivity index (χ4n) is 7.17. The first kappa shape index (κ1) is 58.8. The van der Waals surface area contributed by atoms with Crippen molar-refractivity contribution in [3.63, 3.8) is 0 Å². The van der Waals surface area contributed by atoms with Crippen molar-refractivity contribution in [3.8, 4) is 0 Å². The normalized spacial score (nSPS) is 22.1. The van der Waals surface area contributed by atoms with Crippen LogP contribution in [0.4, 0.5) is 0 Å². The zero-order valence-electron chi connectivity index (χ0n) is 38.9. The summed E-state index contributed by atoms with van der Waals surface area (Å²) in [6.45, 7) is 3.24. The number of allylic oxidation sites excluding steroid dienone is 8. The maximum Gasteiger partial charge on any atom is 0.472 e. The quantitative estimate of drug-likeness (QED) is 0.0147. The second-order valence-corrected chi connectivity index (χ2v) is 18.4. The van der Waals surface area contributed by atoms with E-state index in [1.54, 1.807) is 0 Å². The van der Waals surface area contributed by atoms with Gasteiger partial charge in [-0.05, 0) is 77.0 Å². The van der Waals surface area contributed by atoms with Crippen LogP contribution in [-0.2, 0) is 32.7 Å². The number of hydrogen-bond donors (Lipinski definition) is 6. The second-order valence-electron chi connectivity index (χ2n) is 17.0. The van der Waals surface area contributed by atoms with E-state index in [0.717, 1.165) is 83.5 Å². The first-order chi connectivity index (χ1) is 30.4. The van der Waals surface area contributed by atoms with Crippen molar-refractivity contribution in [2.24, 2.45) is 0 Å². The highest BCUT2D eigenvalue weighted by Gasteiger charge is 2.51. The van der Waals surface area contributed by atoms with Gasteiger partial charge >= 0.3 is 19.8 Å². The average Bonchev–Trinajstić information content (AvgIpc) is 3.26. The minimum absolute atomic E-state index is 0.0789. The Labute approximate surface area is 380 Å². The molecular weight excluding hydrogens is 827 g/mol. The Hall–Kier alpha value is -2.19. The van der Waals surface area contributed by atoms with Crippen LogP contribution in [-0.4, -0.2) is 98.3 Å². The van der Waals surface area contributed by atoms with E-state index in [1.165, 1.54) is 70.6 Å². The Morgan fingerprint density at radius 2 is 0.857 bits per heavy atom. The standard InChI is InChI=1S/C49H87O13P/c1-3-5-7-9-11-13-15-17-19-20-21-22-24-25-27-29-31-33-35-37-42(50)59-39-41(40-60-63(57,58)62-49-47(55)45(53)44(52)46(54)48(49)56)61-43(51)38-36-34-32-30-28-26-23-18-16-14-12-10-8-6-4-2/h11-14,17-19,23,41,44-49,52-56H,3-10,15-16,20-22,24-40H2,1-2H3,(H,57,58)/b13-11+,14-12+,19-17+,23-18+/t41-,44?,45-,46?,47?,48?,49?/m0/s1. The van der Waals surface area contributed by atoms with Crippen molar-refractivity contribution in [1.29, 1.82) is 0 Å². The maximum atomic E-state index is 12.8. The summed E-state index contributed by atoms with van der Waals surface area (Å²) in [6, 6.07) is 0. The molecule has 8 atom stereocenters. The Morgan fingerprint density at radius 3 is 1.29 bits per heavy atom. The Kier molecular flexibility index (Phi) is 36.4. The van der Waals surface area contributed by atoms with Crippen LogP contribution >= 0.6 is 7.82 Å². The number of hydrogen-bond acceptors (Lipinski definition) is 12. The van der Waals surface area contributed by atoms with Crippen molar-refractivity contribution in [2.75, 3.05) is 13.2 Å². The Balaban J connectivity index is 2.43. The fourth-order valence-corrected chi connectivity index (χ4v) is 8.14. The number of carbonyl (C=O) groups excluding carboxylic acids is 2. The van der Waals surface area contributed by atoms with Gasteiger partial charge in [0.2, 0.25) is 0 Å². The number of aliphatic hydroxyl groups is 5. The number of esters is 2. The monoisotopic (exact) mass is 915 g/mol. The van der Waals surface area contributed by atoms with Crippen molar-refractivity contribution in [2.45, 2.75) is 236 Å². The summed E-state index contributed by atoms with van der Waals surface area (Å²) in [7, 11) is -5.13. The van der Waals surface area contributed by atoms with E-state index in [1.807, 2.05) is 0 Å². The topological polar surface area (TPSA) is 210 Å². The molecule has 0 aromatic carbocycles. The lowest BCUT2D eigenvalue weighted by atomic mass is 9.85. The summed E-state index contributed by atoms with van der Waals surface area (Å²) in [4.78, 5) is 35.8. The molecule has 13 nitrogen and oxygen atoms in total. The van der Waals surface area contributed by atoms with Crippen molar-refractivity contribution >= 4 is 19.8 Å². The molecule has 63 heavy (non-hydrogen) atoms. The van der Waals surface area contributed by atoms with Gasteiger partial charge in [0.25, 0.3) is 0 Å². The predicted molar refractivity (Wildman–Crippen MR) is 249 cm³/mol. The van der Waals surface area contributed by atoms with Crippen LogP contribution in [0, 0.1) is 0 Å². The second kappa shape index (κ2) is 39.0. The zero-order valence-corrected chi connectivity index (χ0v) is 39.8. The van der Waals surface area contributed by atoms with E-state index in [0.29, 0.717) is 12.8 Å². The van der Waals surface area contributed by atoms with Crippen LogP contribution in [0.3, 0.4) is 0 Å². The number of aliphatic hydroxyl groups excluding tert-OH is 5. The molecule has 1 saturated carbocycles. The van der Waals surface area contributed by atoms with E-state index in [4.69, 9.17) is 18.5 Å². The number of carbonyl (C=O) groups is 2. The fraction of sp³-hybridized carbons (Fsp3) is 0.796. The summed E-state index contributed by atoms with van der Waals surface area (Å²) in [5.41, 5.74) is 0. The number of ether oxygens (including phenoxy) is 2. The molecule has 0 aromatic heterocycles. The van der Waals surface area contributed by atoms with Crippen LogP contribution < -0.4 is 0 Å². The smallest absolute Gasteiger partial charge is 0.462 e. The molecule has 0 saturated heterocycles. The third-order valence-corrected chi connectivity index (χ3v) is 12.1. The first-order valence-corrected chi connectivity index (χ1v) is 25.9. The number of phosphoric acid groups is 1. The first-order valence-electron chi connectivity index (χ1n) is 24.4. The maximum absolute atomic E-state index is 12.8. The van der Waals surface area contributed by atoms with Crippen molar-refractivity contribution in [1.82, 2.24) is 0 Å². The molecule has 0 aliphatic heterocycles. The van der Waals surface area contributed by atoms with Crippen molar-refractivity contribution in [3.05, 3.63) is 48.6 Å². The van der Waals surface area contributed by atoms with Gasteiger partial charge in [0, 0.05) is 12.8 Å². The van der Waals surface area contributed by atoms with Crippen LogP contribution in [0.2, 0.25) is 0 Å². The Bertz CT molecular complexity index is 1290. The molecule has 6 N–H and O–H groups in total. The van der Waals surface area contributed by atoms with E-state index >= 15 is 0 Å². The van der Waals surface area contributed by atoms with E-state index in [2.05, 4.69) is 62.5 Å². The van der Waals surface area contributed by atoms with Crippen LogP contribution in [0.25, 0.3) is 0 Å². The molecule has 0 amide bonds. The van der Waals surface area contributed by atoms with Crippen LogP contribution in [0.15, 0.2) is 48.6 Å². The van der Waals surface area contributed by atoms with Gasteiger partial charge in [0.1, 0.15) is 43.2 Å². The molecule has 6 unspecified atom stereocenters. The molecule has 1 aliphatic rings. The minimum Gasteiger partial charge on any atom is -0.462 e. The molecule has 0 spiro atoms. The zero-order chi connectivity index (χ0) is 46.4. The number of phosphoric ester groups is 1. The van der Waals surface area contributed by atoms with Crippen LogP contribution in [0.1, 0.15) is 194 Å². The summed E-state index contributed by atoms with van der Waals surface area (Å²) in [6.07, 6.45) is 33.0.